The van der Waals surface area contributed by atoms with Gasteiger partial charge in [-0.3, -0.25) is 4.79 Å². The Balaban J connectivity index is 0.00000180. The van der Waals surface area contributed by atoms with Crippen LogP contribution in [0.1, 0.15) is 58.8 Å². The lowest BCUT2D eigenvalue weighted by atomic mass is 9.89. The van der Waals surface area contributed by atoms with Crippen molar-refractivity contribution in [3.8, 4) is 0 Å². The number of carbonyl (C=O) groups excluding carboxylic acids is 1. The molecular formula is C15H29ClN2O. The average Bonchev–Trinajstić information content (AvgIpc) is 2.41. The summed E-state index contributed by atoms with van der Waals surface area (Å²) < 4.78 is 0. The molecular weight excluding hydrogens is 260 g/mol. The van der Waals surface area contributed by atoms with Crippen molar-refractivity contribution in [2.45, 2.75) is 70.9 Å². The third-order valence-electron chi connectivity index (χ3n) is 4.61. The average molecular weight is 289 g/mol. The van der Waals surface area contributed by atoms with Crippen molar-refractivity contribution >= 4 is 18.3 Å². The monoisotopic (exact) mass is 288 g/mol. The molecule has 4 heteroatoms. The SMILES string of the molecule is CCN(C(=O)[C@H]1CCN[C@@H](C)C1)C1CCCCC1.Cl. The molecule has 2 atom stereocenters. The van der Waals surface area contributed by atoms with Gasteiger partial charge in [-0.15, -0.1) is 12.4 Å². The molecule has 0 bridgehead atoms. The Hall–Kier alpha value is -0.280. The van der Waals surface area contributed by atoms with E-state index >= 15 is 0 Å². The van der Waals surface area contributed by atoms with Crippen LogP contribution in [0.15, 0.2) is 0 Å². The summed E-state index contributed by atoms with van der Waals surface area (Å²) in [5.41, 5.74) is 0. The molecule has 0 aromatic heterocycles. The van der Waals surface area contributed by atoms with Crippen molar-refractivity contribution in [1.29, 1.82) is 0 Å². The van der Waals surface area contributed by atoms with Crippen molar-refractivity contribution in [2.24, 2.45) is 5.92 Å². The van der Waals surface area contributed by atoms with Crippen LogP contribution in [0.5, 0.6) is 0 Å². The summed E-state index contributed by atoms with van der Waals surface area (Å²) in [6.07, 6.45) is 8.44. The smallest absolute Gasteiger partial charge is 0.226 e. The van der Waals surface area contributed by atoms with E-state index in [-0.39, 0.29) is 18.3 Å². The Bertz CT molecular complexity index is 279. The second-order valence-corrected chi connectivity index (χ2v) is 5.99. The van der Waals surface area contributed by atoms with Crippen LogP contribution < -0.4 is 5.32 Å². The van der Waals surface area contributed by atoms with Crippen LogP contribution >= 0.6 is 12.4 Å². The summed E-state index contributed by atoms with van der Waals surface area (Å²) in [6, 6.07) is 1.03. The van der Waals surface area contributed by atoms with Crippen molar-refractivity contribution in [2.75, 3.05) is 13.1 Å². The second kappa shape index (κ2) is 8.11. The van der Waals surface area contributed by atoms with E-state index in [1.807, 2.05) is 0 Å². The molecule has 0 spiro atoms. The van der Waals surface area contributed by atoms with Gasteiger partial charge in [0.1, 0.15) is 0 Å². The minimum absolute atomic E-state index is 0. The fourth-order valence-electron chi connectivity index (χ4n) is 3.58. The lowest BCUT2D eigenvalue weighted by molar-refractivity contribution is -0.139. The standard InChI is InChI=1S/C15H28N2O.ClH/c1-3-17(14-7-5-4-6-8-14)15(18)13-9-10-16-12(2)11-13;/h12-14,16H,3-11H2,1-2H3;1H/t12-,13-;/m0./s1. The van der Waals surface area contributed by atoms with Crippen LogP contribution in [-0.4, -0.2) is 36.0 Å². The highest BCUT2D eigenvalue weighted by atomic mass is 35.5. The molecule has 1 heterocycles. The summed E-state index contributed by atoms with van der Waals surface area (Å²) in [5.74, 6) is 0.695. The number of nitrogens with zero attached hydrogens (tertiary/aromatic N) is 1. The minimum atomic E-state index is 0. The van der Waals surface area contributed by atoms with Gasteiger partial charge in [0, 0.05) is 24.5 Å². The second-order valence-electron chi connectivity index (χ2n) is 5.99. The zero-order valence-electron chi connectivity index (χ0n) is 12.4. The van der Waals surface area contributed by atoms with E-state index in [0.717, 1.165) is 25.9 Å². The molecule has 1 N–H and O–H groups in total. The van der Waals surface area contributed by atoms with Crippen LogP contribution in [0.3, 0.4) is 0 Å². The number of rotatable bonds is 3. The van der Waals surface area contributed by atoms with Gasteiger partial charge in [0.25, 0.3) is 0 Å². The van der Waals surface area contributed by atoms with Gasteiger partial charge in [-0.25, -0.2) is 0 Å². The first-order valence-corrected chi connectivity index (χ1v) is 7.76. The van der Waals surface area contributed by atoms with Crippen molar-refractivity contribution in [3.63, 3.8) is 0 Å². The molecule has 0 unspecified atom stereocenters. The molecule has 0 aromatic carbocycles. The zero-order valence-corrected chi connectivity index (χ0v) is 13.2. The minimum Gasteiger partial charge on any atom is -0.340 e. The topological polar surface area (TPSA) is 32.3 Å². The maximum Gasteiger partial charge on any atom is 0.226 e. The molecule has 2 rings (SSSR count). The molecule has 3 nitrogen and oxygen atoms in total. The molecule has 1 saturated heterocycles. The first-order chi connectivity index (χ1) is 8.72. The summed E-state index contributed by atoms with van der Waals surface area (Å²) >= 11 is 0. The van der Waals surface area contributed by atoms with E-state index < -0.39 is 0 Å². The lowest BCUT2D eigenvalue weighted by Crippen LogP contribution is -2.48. The van der Waals surface area contributed by atoms with Crippen LogP contribution in [0.4, 0.5) is 0 Å². The number of amides is 1. The van der Waals surface area contributed by atoms with Crippen molar-refractivity contribution < 1.29 is 4.79 Å². The highest BCUT2D eigenvalue weighted by Crippen LogP contribution is 2.26. The summed E-state index contributed by atoms with van der Waals surface area (Å²) in [7, 11) is 0. The number of nitrogens with one attached hydrogen (secondary N) is 1. The number of carbonyl (C=O) groups is 1. The summed E-state index contributed by atoms with van der Waals surface area (Å²) in [4.78, 5) is 14.9. The molecule has 1 saturated carbocycles. The number of hydrogen-bond acceptors (Lipinski definition) is 2. The third kappa shape index (κ3) is 4.35. The fourth-order valence-corrected chi connectivity index (χ4v) is 3.58. The highest BCUT2D eigenvalue weighted by Gasteiger charge is 2.31. The van der Waals surface area contributed by atoms with E-state index in [0.29, 0.717) is 18.0 Å². The van der Waals surface area contributed by atoms with Gasteiger partial charge in [0.05, 0.1) is 0 Å². The Morgan fingerprint density at radius 1 is 1.21 bits per heavy atom. The maximum atomic E-state index is 12.7. The molecule has 19 heavy (non-hydrogen) atoms. The predicted octanol–water partition coefficient (Wildman–Crippen LogP) is 2.98. The Kier molecular flexibility index (Phi) is 7.16. The number of halogens is 1. The van der Waals surface area contributed by atoms with Gasteiger partial charge in [0.2, 0.25) is 5.91 Å². The van der Waals surface area contributed by atoms with Gasteiger partial charge >= 0.3 is 0 Å². The molecule has 2 aliphatic rings. The van der Waals surface area contributed by atoms with E-state index in [1.54, 1.807) is 0 Å². The number of piperidine rings is 1. The molecule has 1 aliphatic heterocycles. The number of hydrogen-bond donors (Lipinski definition) is 1. The van der Waals surface area contributed by atoms with Crippen LogP contribution in [0.25, 0.3) is 0 Å². The zero-order chi connectivity index (χ0) is 13.0. The molecule has 1 amide bonds. The first kappa shape index (κ1) is 16.8. The Labute approximate surface area is 123 Å². The Morgan fingerprint density at radius 2 is 1.89 bits per heavy atom. The van der Waals surface area contributed by atoms with Crippen LogP contribution in [0, 0.1) is 5.92 Å². The van der Waals surface area contributed by atoms with Crippen molar-refractivity contribution in [3.05, 3.63) is 0 Å². The van der Waals surface area contributed by atoms with Gasteiger partial charge < -0.3 is 10.2 Å². The van der Waals surface area contributed by atoms with Gasteiger partial charge in [-0.2, -0.15) is 0 Å². The maximum absolute atomic E-state index is 12.7. The van der Waals surface area contributed by atoms with E-state index in [2.05, 4.69) is 24.1 Å². The fraction of sp³-hybridized carbons (Fsp3) is 0.933. The van der Waals surface area contributed by atoms with Crippen LogP contribution in [0.2, 0.25) is 0 Å². The van der Waals surface area contributed by atoms with E-state index in [4.69, 9.17) is 0 Å². The van der Waals surface area contributed by atoms with Gasteiger partial charge in [-0.1, -0.05) is 19.3 Å². The normalized spacial score (nSPS) is 28.5. The largest absolute Gasteiger partial charge is 0.340 e. The molecule has 112 valence electrons. The molecule has 1 aliphatic carbocycles. The van der Waals surface area contributed by atoms with Gasteiger partial charge in [-0.05, 0) is 46.1 Å². The van der Waals surface area contributed by atoms with E-state index in [9.17, 15) is 4.79 Å². The molecule has 0 aromatic rings. The van der Waals surface area contributed by atoms with Gasteiger partial charge in [0.15, 0.2) is 0 Å². The first-order valence-electron chi connectivity index (χ1n) is 7.76. The summed E-state index contributed by atoms with van der Waals surface area (Å²) in [5, 5.41) is 3.43. The summed E-state index contributed by atoms with van der Waals surface area (Å²) in [6.45, 7) is 6.22. The third-order valence-corrected chi connectivity index (χ3v) is 4.61. The quantitative estimate of drug-likeness (QED) is 0.866. The molecule has 0 radical (unpaired) electrons. The van der Waals surface area contributed by atoms with Crippen molar-refractivity contribution in [1.82, 2.24) is 10.2 Å². The predicted molar refractivity (Wildman–Crippen MR) is 81.7 cm³/mol. The Morgan fingerprint density at radius 3 is 2.47 bits per heavy atom. The van der Waals surface area contributed by atoms with E-state index in [1.165, 1.54) is 32.1 Å². The lowest BCUT2D eigenvalue weighted by Gasteiger charge is -2.38. The molecule has 2 fully saturated rings. The highest BCUT2D eigenvalue weighted by molar-refractivity contribution is 5.85. The van der Waals surface area contributed by atoms with Crippen LogP contribution in [-0.2, 0) is 4.79 Å².